The van der Waals surface area contributed by atoms with E-state index in [4.69, 9.17) is 9.47 Å². The first-order chi connectivity index (χ1) is 10.5. The first-order valence-electron chi connectivity index (χ1n) is 6.44. The topological polar surface area (TPSA) is 35.5 Å². The largest absolute Gasteiger partial charge is 0.493 e. The van der Waals surface area contributed by atoms with E-state index in [1.165, 1.54) is 26.4 Å². The van der Waals surface area contributed by atoms with E-state index in [1.807, 2.05) is 0 Å². The molecule has 0 unspecified atom stereocenters. The molecule has 0 aliphatic heterocycles. The molecule has 2 aromatic carbocycles. The molecule has 0 heterocycles. The Morgan fingerprint density at radius 3 is 2.45 bits per heavy atom. The second kappa shape index (κ2) is 7.22. The number of hydrogen-bond donors (Lipinski definition) is 0. The Balaban J connectivity index is 2.21. The molecule has 0 fully saturated rings. The summed E-state index contributed by atoms with van der Waals surface area (Å²) in [4.78, 5) is 12.2. The van der Waals surface area contributed by atoms with Crippen LogP contribution >= 0.6 is 15.9 Å². The number of ketones is 1. The molecular weight excluding hydrogens is 351 g/mol. The van der Waals surface area contributed by atoms with Crippen LogP contribution in [0.2, 0.25) is 0 Å². The van der Waals surface area contributed by atoms with Crippen molar-refractivity contribution < 1.29 is 18.7 Å². The molecule has 0 saturated carbocycles. The number of carbonyl (C=O) groups is 1. The molecule has 2 aromatic rings. The van der Waals surface area contributed by atoms with Crippen LogP contribution in [0.5, 0.6) is 11.5 Å². The van der Waals surface area contributed by atoms with Crippen LogP contribution in [0.25, 0.3) is 6.08 Å². The van der Waals surface area contributed by atoms with Crippen LogP contribution in [0, 0.1) is 5.82 Å². The zero-order chi connectivity index (χ0) is 16.1. The summed E-state index contributed by atoms with van der Waals surface area (Å²) in [6.07, 6.45) is 3.06. The van der Waals surface area contributed by atoms with Crippen molar-refractivity contribution in [3.8, 4) is 11.5 Å². The van der Waals surface area contributed by atoms with Gasteiger partial charge in [-0.25, -0.2) is 4.39 Å². The van der Waals surface area contributed by atoms with Crippen LogP contribution in [-0.4, -0.2) is 20.0 Å². The summed E-state index contributed by atoms with van der Waals surface area (Å²) in [7, 11) is 3.05. The van der Waals surface area contributed by atoms with E-state index in [1.54, 1.807) is 36.4 Å². The van der Waals surface area contributed by atoms with Gasteiger partial charge in [-0.05, 0) is 57.9 Å². The van der Waals surface area contributed by atoms with Gasteiger partial charge in [0, 0.05) is 5.56 Å². The summed E-state index contributed by atoms with van der Waals surface area (Å²) in [6.45, 7) is 0. The van der Waals surface area contributed by atoms with Crippen LogP contribution < -0.4 is 9.47 Å². The number of ether oxygens (including phenoxy) is 2. The van der Waals surface area contributed by atoms with E-state index in [-0.39, 0.29) is 11.6 Å². The number of halogens is 2. The maximum atomic E-state index is 13.2. The second-order valence-electron chi connectivity index (χ2n) is 4.44. The molecule has 0 spiro atoms. The van der Waals surface area contributed by atoms with Crippen molar-refractivity contribution in [3.05, 3.63) is 63.9 Å². The molecule has 0 aliphatic carbocycles. The van der Waals surface area contributed by atoms with Gasteiger partial charge in [0.25, 0.3) is 0 Å². The highest BCUT2D eigenvalue weighted by Crippen LogP contribution is 2.28. The Kier molecular flexibility index (Phi) is 5.33. The maximum absolute atomic E-state index is 13.2. The van der Waals surface area contributed by atoms with Gasteiger partial charge in [0.1, 0.15) is 5.82 Å². The minimum absolute atomic E-state index is 0.179. The second-order valence-corrected chi connectivity index (χ2v) is 5.30. The van der Waals surface area contributed by atoms with Gasteiger partial charge < -0.3 is 9.47 Å². The van der Waals surface area contributed by atoms with Crippen LogP contribution in [-0.2, 0) is 0 Å². The molecule has 3 nitrogen and oxygen atoms in total. The lowest BCUT2D eigenvalue weighted by molar-refractivity contribution is 0.104. The number of hydrogen-bond acceptors (Lipinski definition) is 3. The Bertz CT molecular complexity index is 726. The fourth-order valence-corrected chi connectivity index (χ4v) is 2.27. The molecule has 0 aliphatic rings. The van der Waals surface area contributed by atoms with Crippen LogP contribution in [0.1, 0.15) is 15.9 Å². The third-order valence-corrected chi connectivity index (χ3v) is 3.65. The summed E-state index contributed by atoms with van der Waals surface area (Å²) >= 11 is 3.11. The SMILES string of the molecule is COc1ccc(C(=O)C=Cc2ccc(F)c(Br)c2)cc1OC. The molecule has 2 rings (SSSR count). The van der Waals surface area contributed by atoms with Crippen molar-refractivity contribution in [2.45, 2.75) is 0 Å². The molecule has 114 valence electrons. The number of methoxy groups -OCH3 is 2. The van der Waals surface area contributed by atoms with Crippen LogP contribution in [0.4, 0.5) is 4.39 Å². The zero-order valence-electron chi connectivity index (χ0n) is 12.1. The minimum Gasteiger partial charge on any atom is -0.493 e. The van der Waals surface area contributed by atoms with Crippen molar-refractivity contribution in [1.82, 2.24) is 0 Å². The lowest BCUT2D eigenvalue weighted by atomic mass is 10.1. The minimum atomic E-state index is -0.344. The predicted molar refractivity (Wildman–Crippen MR) is 87.0 cm³/mol. The monoisotopic (exact) mass is 364 g/mol. The predicted octanol–water partition coefficient (Wildman–Crippen LogP) is 4.50. The highest BCUT2D eigenvalue weighted by atomic mass is 79.9. The summed E-state index contributed by atoms with van der Waals surface area (Å²) < 4.78 is 23.8. The average molecular weight is 365 g/mol. The first-order valence-corrected chi connectivity index (χ1v) is 7.24. The highest BCUT2D eigenvalue weighted by molar-refractivity contribution is 9.10. The summed E-state index contributed by atoms with van der Waals surface area (Å²) in [5.74, 6) is 0.529. The van der Waals surface area contributed by atoms with Crippen molar-refractivity contribution >= 4 is 27.8 Å². The Morgan fingerprint density at radius 1 is 1.09 bits per heavy atom. The number of allylic oxidation sites excluding steroid dienone is 1. The normalized spacial score (nSPS) is 10.7. The fourth-order valence-electron chi connectivity index (χ4n) is 1.87. The fraction of sp³-hybridized carbons (Fsp3) is 0.118. The molecule has 0 aromatic heterocycles. The van der Waals surface area contributed by atoms with Gasteiger partial charge in [0.05, 0.1) is 18.7 Å². The number of rotatable bonds is 5. The Labute approximate surface area is 136 Å². The van der Waals surface area contributed by atoms with Gasteiger partial charge >= 0.3 is 0 Å². The highest BCUT2D eigenvalue weighted by Gasteiger charge is 2.08. The molecule has 0 bridgehead atoms. The molecule has 0 amide bonds. The number of carbonyl (C=O) groups excluding carboxylic acids is 1. The zero-order valence-corrected chi connectivity index (χ0v) is 13.7. The standard InChI is InChI=1S/C17H14BrFO3/c1-21-16-8-5-12(10-17(16)22-2)15(20)7-4-11-3-6-14(19)13(18)9-11/h3-10H,1-2H3. The molecule has 0 N–H and O–H groups in total. The number of benzene rings is 2. The Morgan fingerprint density at radius 2 is 1.82 bits per heavy atom. The van der Waals surface area contributed by atoms with Crippen LogP contribution in [0.15, 0.2) is 46.9 Å². The molecule has 5 heteroatoms. The van der Waals surface area contributed by atoms with Crippen molar-refractivity contribution in [2.75, 3.05) is 14.2 Å². The third-order valence-electron chi connectivity index (χ3n) is 3.04. The van der Waals surface area contributed by atoms with E-state index in [0.717, 1.165) is 5.56 Å². The van der Waals surface area contributed by atoms with E-state index in [9.17, 15) is 9.18 Å². The van der Waals surface area contributed by atoms with Gasteiger partial charge in [-0.15, -0.1) is 0 Å². The Hall–Kier alpha value is -2.14. The van der Waals surface area contributed by atoms with Gasteiger partial charge in [0.15, 0.2) is 17.3 Å². The van der Waals surface area contributed by atoms with E-state index in [2.05, 4.69) is 15.9 Å². The van der Waals surface area contributed by atoms with Crippen molar-refractivity contribution in [3.63, 3.8) is 0 Å². The van der Waals surface area contributed by atoms with Crippen molar-refractivity contribution in [1.29, 1.82) is 0 Å². The molecule has 0 saturated heterocycles. The smallest absolute Gasteiger partial charge is 0.185 e. The summed E-state index contributed by atoms with van der Waals surface area (Å²) in [5, 5.41) is 0. The molecular formula is C17H14BrFO3. The summed E-state index contributed by atoms with van der Waals surface area (Å²) in [6, 6.07) is 9.49. The lowest BCUT2D eigenvalue weighted by Crippen LogP contribution is -1.97. The third kappa shape index (κ3) is 3.74. The lowest BCUT2D eigenvalue weighted by Gasteiger charge is -2.08. The van der Waals surface area contributed by atoms with Crippen LogP contribution in [0.3, 0.4) is 0 Å². The van der Waals surface area contributed by atoms with E-state index < -0.39 is 0 Å². The van der Waals surface area contributed by atoms with E-state index >= 15 is 0 Å². The van der Waals surface area contributed by atoms with Crippen molar-refractivity contribution in [2.24, 2.45) is 0 Å². The summed E-state index contributed by atoms with van der Waals surface area (Å²) in [5.41, 5.74) is 1.21. The molecule has 22 heavy (non-hydrogen) atoms. The van der Waals surface area contributed by atoms with E-state index in [0.29, 0.717) is 21.5 Å². The quantitative estimate of drug-likeness (QED) is 0.578. The molecule has 0 radical (unpaired) electrons. The van der Waals surface area contributed by atoms with Gasteiger partial charge in [-0.1, -0.05) is 12.1 Å². The first kappa shape index (κ1) is 16.2. The maximum Gasteiger partial charge on any atom is 0.185 e. The van der Waals surface area contributed by atoms with Gasteiger partial charge in [0.2, 0.25) is 0 Å². The average Bonchev–Trinajstić information content (AvgIpc) is 2.54. The van der Waals surface area contributed by atoms with Gasteiger partial charge in [-0.3, -0.25) is 4.79 Å². The van der Waals surface area contributed by atoms with Gasteiger partial charge in [-0.2, -0.15) is 0 Å². The molecule has 0 atom stereocenters.